The fraction of sp³-hybridized carbons (Fsp3) is 0.111. The van der Waals surface area contributed by atoms with E-state index < -0.39 is 11.8 Å². The Morgan fingerprint density at radius 2 is 1.61 bits per heavy atom. The maximum absolute atomic E-state index is 12.8. The number of hydrogen-bond donors (Lipinski definition) is 0. The summed E-state index contributed by atoms with van der Waals surface area (Å²) < 4.78 is 5.10. The summed E-state index contributed by atoms with van der Waals surface area (Å²) in [6.07, 6.45) is 0. The molecule has 3 rings (SSSR count). The van der Waals surface area contributed by atoms with Crippen molar-refractivity contribution in [3.05, 3.63) is 64.7 Å². The van der Waals surface area contributed by atoms with E-state index in [2.05, 4.69) is 0 Å². The largest absolute Gasteiger partial charge is 0.497 e. The lowest BCUT2D eigenvalue weighted by molar-refractivity contribution is -0.119. The number of rotatable bonds is 3. The molecule has 0 radical (unpaired) electrons. The molecule has 2 aromatic carbocycles. The first-order valence-corrected chi connectivity index (χ1v) is 7.41. The van der Waals surface area contributed by atoms with E-state index >= 15 is 0 Å². The topological polar surface area (TPSA) is 46.6 Å². The number of methoxy groups -OCH3 is 1. The van der Waals surface area contributed by atoms with E-state index in [1.165, 1.54) is 0 Å². The molecule has 0 aromatic heterocycles. The summed E-state index contributed by atoms with van der Waals surface area (Å²) in [7, 11) is 1.56. The van der Waals surface area contributed by atoms with Gasteiger partial charge in [-0.3, -0.25) is 9.59 Å². The zero-order chi connectivity index (χ0) is 16.6. The van der Waals surface area contributed by atoms with E-state index in [4.69, 9.17) is 16.3 Å². The van der Waals surface area contributed by atoms with Crippen molar-refractivity contribution in [1.29, 1.82) is 0 Å². The molecule has 5 heteroatoms. The lowest BCUT2D eigenvalue weighted by Crippen LogP contribution is -2.31. The molecule has 116 valence electrons. The summed E-state index contributed by atoms with van der Waals surface area (Å²) in [6.45, 7) is 1.84. The molecule has 2 aromatic rings. The zero-order valence-corrected chi connectivity index (χ0v) is 13.4. The molecule has 0 atom stereocenters. The van der Waals surface area contributed by atoms with Crippen molar-refractivity contribution < 1.29 is 14.3 Å². The van der Waals surface area contributed by atoms with Crippen LogP contribution >= 0.6 is 11.6 Å². The van der Waals surface area contributed by atoms with Gasteiger partial charge in [0.25, 0.3) is 11.8 Å². The molecule has 0 saturated heterocycles. The van der Waals surface area contributed by atoms with Crippen LogP contribution in [0, 0.1) is 6.92 Å². The van der Waals surface area contributed by atoms with E-state index in [1.54, 1.807) is 43.5 Å². The average molecular weight is 328 g/mol. The fourth-order valence-electron chi connectivity index (χ4n) is 2.54. The molecule has 23 heavy (non-hydrogen) atoms. The van der Waals surface area contributed by atoms with Gasteiger partial charge in [0.15, 0.2) is 0 Å². The van der Waals surface area contributed by atoms with Crippen LogP contribution in [-0.2, 0) is 9.59 Å². The number of aryl methyl sites for hydroxylation is 1. The molecule has 0 spiro atoms. The van der Waals surface area contributed by atoms with Crippen molar-refractivity contribution in [2.45, 2.75) is 6.92 Å². The Bertz CT molecular complexity index is 824. The van der Waals surface area contributed by atoms with Gasteiger partial charge in [0.05, 0.1) is 18.4 Å². The monoisotopic (exact) mass is 327 g/mol. The molecule has 4 nitrogen and oxygen atoms in total. The molecule has 1 aliphatic heterocycles. The molecular weight excluding hydrogens is 314 g/mol. The second-order valence-electron chi connectivity index (χ2n) is 5.15. The maximum atomic E-state index is 12.8. The van der Waals surface area contributed by atoms with Crippen LogP contribution in [0.3, 0.4) is 0 Å². The molecule has 1 aliphatic rings. The highest BCUT2D eigenvalue weighted by Gasteiger charge is 2.39. The lowest BCUT2D eigenvalue weighted by atomic mass is 10.1. The number of hydrogen-bond acceptors (Lipinski definition) is 3. The van der Waals surface area contributed by atoms with E-state index in [1.807, 2.05) is 19.1 Å². The number of para-hydroxylation sites is 1. The number of imide groups is 1. The Hall–Kier alpha value is -2.59. The zero-order valence-electron chi connectivity index (χ0n) is 12.7. The van der Waals surface area contributed by atoms with Gasteiger partial charge in [-0.05, 0) is 36.2 Å². The van der Waals surface area contributed by atoms with Gasteiger partial charge in [-0.25, -0.2) is 4.90 Å². The van der Waals surface area contributed by atoms with Gasteiger partial charge in [0.2, 0.25) is 0 Å². The molecule has 0 unspecified atom stereocenters. The highest BCUT2D eigenvalue weighted by molar-refractivity contribution is 6.60. The quantitative estimate of drug-likeness (QED) is 0.810. The van der Waals surface area contributed by atoms with Crippen LogP contribution in [-0.4, -0.2) is 18.9 Å². The Morgan fingerprint density at radius 3 is 2.22 bits per heavy atom. The highest BCUT2D eigenvalue weighted by atomic mass is 35.5. The van der Waals surface area contributed by atoms with Crippen molar-refractivity contribution >= 4 is 34.7 Å². The van der Waals surface area contributed by atoms with E-state index in [0.717, 1.165) is 10.5 Å². The summed E-state index contributed by atoms with van der Waals surface area (Å²) in [6, 6.07) is 14.1. The number of anilines is 1. The number of nitrogens with zero attached hydrogens (tertiary/aromatic N) is 1. The predicted molar refractivity (Wildman–Crippen MR) is 89.4 cm³/mol. The minimum atomic E-state index is -0.503. The number of benzene rings is 2. The van der Waals surface area contributed by atoms with Gasteiger partial charge >= 0.3 is 0 Å². The first-order chi connectivity index (χ1) is 11.0. The van der Waals surface area contributed by atoms with Gasteiger partial charge in [0, 0.05) is 0 Å². The minimum absolute atomic E-state index is 0.0663. The summed E-state index contributed by atoms with van der Waals surface area (Å²) in [5.41, 5.74) is 2.17. The van der Waals surface area contributed by atoms with Gasteiger partial charge in [-0.1, -0.05) is 41.9 Å². The molecule has 0 bridgehead atoms. The number of ether oxygens (including phenoxy) is 1. The summed E-state index contributed by atoms with van der Waals surface area (Å²) in [5.74, 6) is -0.255. The van der Waals surface area contributed by atoms with Gasteiger partial charge in [-0.2, -0.15) is 0 Å². The highest BCUT2D eigenvalue weighted by Crippen LogP contribution is 2.36. The Labute approximate surface area is 138 Å². The average Bonchev–Trinajstić information content (AvgIpc) is 2.78. The fourth-order valence-corrected chi connectivity index (χ4v) is 2.82. The second kappa shape index (κ2) is 5.89. The Kier molecular flexibility index (Phi) is 3.92. The van der Waals surface area contributed by atoms with Gasteiger partial charge in [0.1, 0.15) is 10.8 Å². The summed E-state index contributed by atoms with van der Waals surface area (Å²) >= 11 is 6.17. The van der Waals surface area contributed by atoms with E-state index in [9.17, 15) is 9.59 Å². The number of carbonyl (C=O) groups excluding carboxylic acids is 2. The third-order valence-corrected chi connectivity index (χ3v) is 4.11. The Balaban J connectivity index is 2.04. The number of amides is 2. The van der Waals surface area contributed by atoms with Crippen molar-refractivity contribution in [3.8, 4) is 5.75 Å². The van der Waals surface area contributed by atoms with Crippen molar-refractivity contribution in [2.24, 2.45) is 0 Å². The molecule has 0 aliphatic carbocycles. The molecule has 1 heterocycles. The van der Waals surface area contributed by atoms with Crippen LogP contribution < -0.4 is 9.64 Å². The van der Waals surface area contributed by atoms with Crippen LogP contribution in [0.1, 0.15) is 11.1 Å². The normalized spacial score (nSPS) is 14.7. The van der Waals surface area contributed by atoms with E-state index in [0.29, 0.717) is 17.0 Å². The standard InChI is InChI=1S/C18H14ClNO3/c1-11-5-3-4-6-14(11)20-17(21)15(16(19)18(20)22)12-7-9-13(23-2)10-8-12/h3-10H,1-2H3. The summed E-state index contributed by atoms with van der Waals surface area (Å²) in [5, 5.41) is -0.0663. The van der Waals surface area contributed by atoms with Crippen LogP contribution in [0.25, 0.3) is 5.57 Å². The summed E-state index contributed by atoms with van der Waals surface area (Å²) in [4.78, 5) is 26.4. The van der Waals surface area contributed by atoms with Crippen molar-refractivity contribution in [3.63, 3.8) is 0 Å². The molecule has 0 saturated carbocycles. The van der Waals surface area contributed by atoms with E-state index in [-0.39, 0.29) is 10.6 Å². The van der Waals surface area contributed by atoms with Crippen LogP contribution in [0.2, 0.25) is 0 Å². The molecular formula is C18H14ClNO3. The maximum Gasteiger partial charge on any atom is 0.277 e. The Morgan fingerprint density at radius 1 is 0.957 bits per heavy atom. The van der Waals surface area contributed by atoms with Crippen molar-refractivity contribution in [2.75, 3.05) is 12.0 Å². The first-order valence-electron chi connectivity index (χ1n) is 7.03. The molecule has 2 amide bonds. The third-order valence-electron chi connectivity index (χ3n) is 3.76. The number of carbonyl (C=O) groups is 2. The van der Waals surface area contributed by atoms with Crippen LogP contribution in [0.5, 0.6) is 5.75 Å². The SMILES string of the molecule is COc1ccc(C2=C(Cl)C(=O)N(c3ccccc3C)C2=O)cc1. The lowest BCUT2D eigenvalue weighted by Gasteiger charge is -2.17. The van der Waals surface area contributed by atoms with Crippen LogP contribution in [0.4, 0.5) is 5.69 Å². The van der Waals surface area contributed by atoms with Gasteiger partial charge in [-0.15, -0.1) is 0 Å². The third kappa shape index (κ3) is 2.51. The first kappa shape index (κ1) is 15.3. The minimum Gasteiger partial charge on any atom is -0.497 e. The number of halogens is 1. The second-order valence-corrected chi connectivity index (χ2v) is 5.53. The van der Waals surface area contributed by atoms with Gasteiger partial charge < -0.3 is 4.74 Å². The van der Waals surface area contributed by atoms with Crippen LogP contribution in [0.15, 0.2) is 53.6 Å². The van der Waals surface area contributed by atoms with Crippen molar-refractivity contribution in [1.82, 2.24) is 0 Å². The predicted octanol–water partition coefficient (Wildman–Crippen LogP) is 3.53. The smallest absolute Gasteiger partial charge is 0.277 e. The molecule has 0 N–H and O–H groups in total. The molecule has 0 fully saturated rings.